The Morgan fingerprint density at radius 1 is 1.26 bits per heavy atom. The van der Waals surface area contributed by atoms with Crippen molar-refractivity contribution in [2.24, 2.45) is 5.16 Å². The predicted octanol–water partition coefficient (Wildman–Crippen LogP) is -1.63. The van der Waals surface area contributed by atoms with E-state index in [1.54, 1.807) is 12.1 Å². The third kappa shape index (κ3) is 6.87. The summed E-state index contributed by atoms with van der Waals surface area (Å²) in [6, 6.07) is 6.19. The van der Waals surface area contributed by atoms with Gasteiger partial charge >= 0.3 is 16.4 Å². The second kappa shape index (κ2) is 12.1. The van der Waals surface area contributed by atoms with Crippen LogP contribution in [0.25, 0.3) is 0 Å². The molecule has 0 saturated carbocycles. The molecule has 0 bridgehead atoms. The zero-order valence-corrected chi connectivity index (χ0v) is 21.1. The molecule has 1 aromatic rings. The number of amides is 1. The molecular weight excluding hydrogens is 552 g/mol. The lowest BCUT2D eigenvalue weighted by Gasteiger charge is -2.39. The number of anilines is 1. The Kier molecular flexibility index (Phi) is 9.50. The molecule has 2 aliphatic heterocycles. The van der Waals surface area contributed by atoms with Crippen LogP contribution < -0.4 is 5.32 Å². The smallest absolute Gasteiger partial charge is 0.458 e. The molecule has 1 fully saturated rings. The Balaban J connectivity index is 1.74. The number of oxime groups is 1. The highest BCUT2D eigenvalue weighted by molar-refractivity contribution is 8.14. The van der Waals surface area contributed by atoms with Gasteiger partial charge in [0, 0.05) is 17.7 Å². The van der Waals surface area contributed by atoms with E-state index in [4.69, 9.17) is 14.0 Å². The van der Waals surface area contributed by atoms with E-state index in [1.165, 1.54) is 12.1 Å². The summed E-state index contributed by atoms with van der Waals surface area (Å²) in [5.74, 6) is -1.88. The highest BCUT2D eigenvalue weighted by atomic mass is 32.3. The number of nitrogens with one attached hydrogen (secondary N) is 1. The number of thioether (sulfide) groups is 1. The van der Waals surface area contributed by atoms with E-state index in [9.17, 15) is 43.5 Å². The lowest BCUT2D eigenvalue weighted by atomic mass is 9.92. The second-order valence-electron chi connectivity index (χ2n) is 8.31. The highest BCUT2D eigenvalue weighted by Crippen LogP contribution is 2.38. The van der Waals surface area contributed by atoms with Crippen LogP contribution in [0.2, 0.25) is 0 Å². The summed E-state index contributed by atoms with van der Waals surface area (Å²) in [4.78, 5) is 25.0. The summed E-state index contributed by atoms with van der Waals surface area (Å²) < 4.78 is 45.6. The van der Waals surface area contributed by atoms with Crippen LogP contribution in [-0.2, 0) is 39.3 Å². The Bertz CT molecular complexity index is 1190. The van der Waals surface area contributed by atoms with Crippen molar-refractivity contribution in [1.82, 2.24) is 0 Å². The van der Waals surface area contributed by atoms with E-state index in [2.05, 4.69) is 21.3 Å². The van der Waals surface area contributed by atoms with Crippen LogP contribution in [0, 0.1) is 0 Å². The molecular formula is C21H26N2O13S2. The molecule has 1 saturated heterocycles. The van der Waals surface area contributed by atoms with Crippen LogP contribution in [0.5, 0.6) is 0 Å². The molecule has 2 heterocycles. The summed E-state index contributed by atoms with van der Waals surface area (Å²) in [6.45, 7) is 2.77. The second-order valence-corrected chi connectivity index (χ2v) is 10.5. The normalized spacial score (nSPS) is 30.2. The zero-order valence-electron chi connectivity index (χ0n) is 19.5. The number of carbonyl (C=O) groups excluding carboxylic acids is 2. The van der Waals surface area contributed by atoms with Crippen molar-refractivity contribution < 1.29 is 61.8 Å². The summed E-state index contributed by atoms with van der Waals surface area (Å²) in [7, 11) is -5.08. The van der Waals surface area contributed by atoms with Crippen molar-refractivity contribution in [3.8, 4) is 0 Å². The third-order valence-electron chi connectivity index (χ3n) is 5.65. The number of carbonyl (C=O) groups is 2. The number of benzene rings is 1. The van der Waals surface area contributed by atoms with Crippen molar-refractivity contribution in [2.75, 3.05) is 11.9 Å². The fourth-order valence-electron chi connectivity index (χ4n) is 3.74. The number of para-hydroxylation sites is 1. The number of hydrogen-bond acceptors (Lipinski definition) is 14. The maximum absolute atomic E-state index is 12.7. The molecule has 0 spiro atoms. The quantitative estimate of drug-likeness (QED) is 0.0412. The molecule has 210 valence electrons. The van der Waals surface area contributed by atoms with Gasteiger partial charge in [-0.25, -0.2) is 4.28 Å². The van der Waals surface area contributed by atoms with E-state index in [-0.39, 0.29) is 10.6 Å². The van der Waals surface area contributed by atoms with Crippen LogP contribution in [0.4, 0.5) is 5.69 Å². The Labute approximate surface area is 220 Å². The molecule has 38 heavy (non-hydrogen) atoms. The van der Waals surface area contributed by atoms with Gasteiger partial charge in [0.15, 0.2) is 5.60 Å². The number of ether oxygens (including phenoxy) is 2. The average molecular weight is 579 g/mol. The van der Waals surface area contributed by atoms with Crippen molar-refractivity contribution in [2.45, 2.75) is 54.4 Å². The fraction of sp³-hybridized carbons (Fsp3) is 0.476. The van der Waals surface area contributed by atoms with Gasteiger partial charge in [-0.1, -0.05) is 47.8 Å². The number of aliphatic hydroxyl groups excluding tert-OH is 4. The summed E-state index contributed by atoms with van der Waals surface area (Å²) in [5.41, 5.74) is -3.15. The monoisotopic (exact) mass is 578 g/mol. The SMILES string of the molecule is C=C[C@@H](C/C(=N/OS(=O)(=O)O)S[C@@H]1O[C@H](CO)[C@@H](O)[C@H](O)[C@H]1O)OC(=O)CC1(O)C(=O)Nc2ccccc21. The molecule has 7 N–H and O–H groups in total. The lowest BCUT2D eigenvalue weighted by molar-refractivity contribution is -0.205. The Hall–Kier alpha value is -2.61. The first-order chi connectivity index (χ1) is 17.8. The van der Waals surface area contributed by atoms with Gasteiger partial charge in [0.2, 0.25) is 0 Å². The number of rotatable bonds is 10. The lowest BCUT2D eigenvalue weighted by Crippen LogP contribution is -2.57. The zero-order chi connectivity index (χ0) is 28.3. The van der Waals surface area contributed by atoms with Gasteiger partial charge in [0.25, 0.3) is 5.91 Å². The molecule has 1 amide bonds. The van der Waals surface area contributed by atoms with Gasteiger partial charge in [0.1, 0.15) is 41.0 Å². The van der Waals surface area contributed by atoms with E-state index >= 15 is 0 Å². The van der Waals surface area contributed by atoms with Crippen LogP contribution in [0.1, 0.15) is 18.4 Å². The maximum Gasteiger partial charge on any atom is 0.466 e. The van der Waals surface area contributed by atoms with Crippen LogP contribution in [0.15, 0.2) is 42.1 Å². The van der Waals surface area contributed by atoms with Gasteiger partial charge in [0.05, 0.1) is 13.0 Å². The van der Waals surface area contributed by atoms with Crippen LogP contribution >= 0.6 is 11.8 Å². The first-order valence-electron chi connectivity index (χ1n) is 10.9. The van der Waals surface area contributed by atoms with Crippen molar-refractivity contribution in [3.05, 3.63) is 42.5 Å². The fourth-order valence-corrected chi connectivity index (χ4v) is 5.07. The number of aliphatic hydroxyl groups is 5. The largest absolute Gasteiger partial charge is 0.466 e. The van der Waals surface area contributed by atoms with Crippen molar-refractivity contribution >= 4 is 44.8 Å². The predicted molar refractivity (Wildman–Crippen MR) is 130 cm³/mol. The van der Waals surface area contributed by atoms with Crippen molar-refractivity contribution in [3.63, 3.8) is 0 Å². The number of esters is 1. The molecule has 17 heteroatoms. The Morgan fingerprint density at radius 2 is 1.95 bits per heavy atom. The minimum absolute atomic E-state index is 0.166. The van der Waals surface area contributed by atoms with Gasteiger partial charge in [-0.05, 0) is 6.07 Å². The van der Waals surface area contributed by atoms with Gasteiger partial charge in [-0.15, -0.1) is 0 Å². The molecule has 0 aliphatic carbocycles. The maximum atomic E-state index is 12.7. The molecule has 1 unspecified atom stereocenters. The number of hydrogen-bond donors (Lipinski definition) is 7. The molecule has 1 aromatic carbocycles. The summed E-state index contributed by atoms with van der Waals surface area (Å²) in [5, 5.41) is 55.8. The first kappa shape index (κ1) is 29.9. The van der Waals surface area contributed by atoms with E-state index in [0.29, 0.717) is 17.4 Å². The topological polar surface area (TPSA) is 242 Å². The van der Waals surface area contributed by atoms with E-state index in [0.717, 1.165) is 6.08 Å². The molecule has 7 atom stereocenters. The van der Waals surface area contributed by atoms with Gasteiger partial charge in [-0.2, -0.15) is 8.42 Å². The molecule has 15 nitrogen and oxygen atoms in total. The minimum Gasteiger partial charge on any atom is -0.458 e. The summed E-state index contributed by atoms with van der Waals surface area (Å²) >= 11 is 0.476. The number of fused-ring (bicyclic) bond motifs is 1. The van der Waals surface area contributed by atoms with E-state index < -0.39 is 83.3 Å². The third-order valence-corrected chi connectivity index (χ3v) is 7.05. The highest BCUT2D eigenvalue weighted by Gasteiger charge is 2.48. The summed E-state index contributed by atoms with van der Waals surface area (Å²) in [6.07, 6.45) is -7.84. The Morgan fingerprint density at radius 3 is 2.58 bits per heavy atom. The standard InChI is InChI=1S/C21H26N2O13S2/c1-2-10(34-15(25)8-21(30)11-5-3-4-6-12(11)22-20(21)29)7-14(23-36-38(31,32)33)37-19-18(28)17(27)16(26)13(9-24)35-19/h2-6,10,13,16-19,24,26-28,30H,1,7-9H2,(H,22,29)(H,31,32,33)/b23-14-/t10-,13+,16+,17-,18+,19-,21?/m0/s1. The average Bonchev–Trinajstić information content (AvgIpc) is 3.10. The molecule has 3 rings (SSSR count). The van der Waals surface area contributed by atoms with Crippen LogP contribution in [0.3, 0.4) is 0 Å². The van der Waals surface area contributed by atoms with Gasteiger partial charge < -0.3 is 40.3 Å². The van der Waals surface area contributed by atoms with Crippen LogP contribution in [-0.4, -0.2) is 98.0 Å². The van der Waals surface area contributed by atoms with E-state index in [1.807, 2.05) is 0 Å². The minimum atomic E-state index is -5.08. The van der Waals surface area contributed by atoms with Crippen molar-refractivity contribution in [1.29, 1.82) is 0 Å². The number of nitrogens with zero attached hydrogens (tertiary/aromatic N) is 1. The molecule has 0 radical (unpaired) electrons. The molecule has 0 aromatic heterocycles. The first-order valence-corrected chi connectivity index (χ1v) is 13.2. The molecule has 2 aliphatic rings. The van der Waals surface area contributed by atoms with Gasteiger partial charge in [-0.3, -0.25) is 14.1 Å².